The highest BCUT2D eigenvalue weighted by Gasteiger charge is 2.11. The molecule has 0 aliphatic heterocycles. The summed E-state index contributed by atoms with van der Waals surface area (Å²) in [5.41, 5.74) is 0. The molecule has 0 aliphatic rings. The van der Waals surface area contributed by atoms with Crippen LogP contribution in [0.1, 0.15) is 38.5 Å². The zero-order valence-electron chi connectivity index (χ0n) is 9.27. The predicted octanol–water partition coefficient (Wildman–Crippen LogP) is 2.65. The summed E-state index contributed by atoms with van der Waals surface area (Å²) in [6.07, 6.45) is 8.14. The van der Waals surface area contributed by atoms with Gasteiger partial charge < -0.3 is 9.05 Å². The van der Waals surface area contributed by atoms with E-state index < -0.39 is 0 Å². The van der Waals surface area contributed by atoms with Crippen molar-refractivity contribution in [2.45, 2.75) is 39.0 Å². The van der Waals surface area contributed by atoms with Gasteiger partial charge in [0, 0.05) is 12.5 Å². The van der Waals surface area contributed by atoms with Crippen LogP contribution in [0.5, 0.6) is 0 Å². The Bertz CT molecular complexity index is 409. The molecule has 0 saturated carbocycles. The first-order chi connectivity index (χ1) is 7.90. The van der Waals surface area contributed by atoms with E-state index in [-0.39, 0.29) is 0 Å². The van der Waals surface area contributed by atoms with Crippen LogP contribution in [0.3, 0.4) is 0 Å². The molecule has 0 amide bonds. The average Bonchev–Trinajstić information content (AvgIpc) is 2.94. The van der Waals surface area contributed by atoms with E-state index in [1.807, 2.05) is 0 Å². The molecule has 2 heterocycles. The number of aromatic nitrogens is 3. The van der Waals surface area contributed by atoms with Gasteiger partial charge in [0.15, 0.2) is 0 Å². The van der Waals surface area contributed by atoms with Gasteiger partial charge >= 0.3 is 0 Å². The largest absolute Gasteiger partial charge is 0.352 e. The van der Waals surface area contributed by atoms with Gasteiger partial charge in [0.2, 0.25) is 17.5 Å². The number of aryl methyl sites for hydroxylation is 1. The zero-order chi connectivity index (χ0) is 11.2. The van der Waals surface area contributed by atoms with Crippen molar-refractivity contribution in [2.24, 2.45) is 0 Å². The molecule has 0 saturated heterocycles. The molecule has 5 heteroatoms. The molecular formula is C11H14N3O2. The van der Waals surface area contributed by atoms with Crippen LogP contribution in [0.4, 0.5) is 0 Å². The predicted molar refractivity (Wildman–Crippen MR) is 56.5 cm³/mol. The number of nitrogens with zero attached hydrogens (tertiary/aromatic N) is 3. The van der Waals surface area contributed by atoms with Crippen molar-refractivity contribution in [3.63, 3.8) is 0 Å². The minimum absolute atomic E-state index is 0.444. The Kier molecular flexibility index (Phi) is 3.69. The van der Waals surface area contributed by atoms with E-state index in [2.05, 4.69) is 28.4 Å². The van der Waals surface area contributed by atoms with Gasteiger partial charge in [-0.1, -0.05) is 36.5 Å². The summed E-state index contributed by atoms with van der Waals surface area (Å²) in [6, 6.07) is 1.59. The molecule has 0 N–H and O–H groups in total. The fraction of sp³-hybridized carbons (Fsp3) is 0.545. The van der Waals surface area contributed by atoms with E-state index in [9.17, 15) is 0 Å². The lowest BCUT2D eigenvalue weighted by molar-refractivity contribution is 0.370. The summed E-state index contributed by atoms with van der Waals surface area (Å²) in [7, 11) is 0. The van der Waals surface area contributed by atoms with Crippen LogP contribution in [0.25, 0.3) is 11.6 Å². The van der Waals surface area contributed by atoms with E-state index in [0.29, 0.717) is 17.5 Å². The van der Waals surface area contributed by atoms with E-state index in [4.69, 9.17) is 9.05 Å². The summed E-state index contributed by atoms with van der Waals surface area (Å²) in [6.45, 7) is 2.19. The summed E-state index contributed by atoms with van der Waals surface area (Å²) in [5, 5.41) is 7.29. The molecule has 1 radical (unpaired) electrons. The Labute approximate surface area is 93.8 Å². The molecule has 5 nitrogen and oxygen atoms in total. The van der Waals surface area contributed by atoms with Crippen LogP contribution in [-0.2, 0) is 6.42 Å². The topological polar surface area (TPSA) is 65.0 Å². The van der Waals surface area contributed by atoms with E-state index >= 15 is 0 Å². The summed E-state index contributed by atoms with van der Waals surface area (Å²) < 4.78 is 9.99. The van der Waals surface area contributed by atoms with Crippen molar-refractivity contribution in [3.8, 4) is 11.6 Å². The molecule has 0 atom stereocenters. The second-order valence-electron chi connectivity index (χ2n) is 3.64. The second kappa shape index (κ2) is 5.44. The molecule has 16 heavy (non-hydrogen) atoms. The minimum atomic E-state index is 0.444. The fourth-order valence-corrected chi connectivity index (χ4v) is 1.45. The summed E-state index contributed by atoms with van der Waals surface area (Å²) in [4.78, 5) is 4.22. The van der Waals surface area contributed by atoms with Gasteiger partial charge in [-0.25, -0.2) is 0 Å². The first kappa shape index (κ1) is 10.9. The normalized spacial score (nSPS) is 10.8. The first-order valence-electron chi connectivity index (χ1n) is 5.56. The van der Waals surface area contributed by atoms with Crippen LogP contribution < -0.4 is 0 Å². The van der Waals surface area contributed by atoms with Crippen molar-refractivity contribution in [1.29, 1.82) is 0 Å². The fourth-order valence-electron chi connectivity index (χ4n) is 1.45. The van der Waals surface area contributed by atoms with E-state index in [1.165, 1.54) is 19.3 Å². The van der Waals surface area contributed by atoms with E-state index in [0.717, 1.165) is 12.8 Å². The standard InChI is InChI=1S/C11H14N3O2/c1-2-3-4-5-6-10-13-11(14-16-10)9-7-8-12-15-9/h7H,2-6H2,1H3. The van der Waals surface area contributed by atoms with Crippen LogP contribution in [-0.4, -0.2) is 15.3 Å². The minimum Gasteiger partial charge on any atom is -0.352 e. The Balaban J connectivity index is 1.88. The van der Waals surface area contributed by atoms with Gasteiger partial charge in [0.25, 0.3) is 0 Å². The highest BCUT2D eigenvalue weighted by molar-refractivity contribution is 5.43. The molecule has 2 aromatic rings. The van der Waals surface area contributed by atoms with Crippen molar-refractivity contribution >= 4 is 0 Å². The molecule has 0 fully saturated rings. The van der Waals surface area contributed by atoms with Gasteiger partial charge in [0.1, 0.15) is 6.20 Å². The van der Waals surface area contributed by atoms with Crippen LogP contribution in [0.15, 0.2) is 15.1 Å². The van der Waals surface area contributed by atoms with Crippen LogP contribution >= 0.6 is 0 Å². The Morgan fingerprint density at radius 3 is 2.94 bits per heavy atom. The molecule has 0 spiro atoms. The SMILES string of the molecule is CCCCCCc1nc(-c2c[c]no2)no1. The van der Waals surface area contributed by atoms with Crippen molar-refractivity contribution in [2.75, 3.05) is 0 Å². The zero-order valence-corrected chi connectivity index (χ0v) is 9.27. The summed E-state index contributed by atoms with van der Waals surface area (Å²) >= 11 is 0. The molecular weight excluding hydrogens is 206 g/mol. The molecule has 2 rings (SSSR count). The lowest BCUT2D eigenvalue weighted by atomic mass is 10.1. The quantitative estimate of drug-likeness (QED) is 0.700. The van der Waals surface area contributed by atoms with E-state index in [1.54, 1.807) is 6.07 Å². The third-order valence-electron chi connectivity index (χ3n) is 2.33. The van der Waals surface area contributed by atoms with Gasteiger partial charge in [-0.3, -0.25) is 0 Å². The highest BCUT2D eigenvalue weighted by Crippen LogP contribution is 2.15. The van der Waals surface area contributed by atoms with Gasteiger partial charge in [0.05, 0.1) is 0 Å². The van der Waals surface area contributed by atoms with Gasteiger partial charge in [-0.15, -0.1) is 0 Å². The second-order valence-corrected chi connectivity index (χ2v) is 3.64. The maximum atomic E-state index is 5.11. The van der Waals surface area contributed by atoms with Gasteiger partial charge in [-0.05, 0) is 6.42 Å². The third-order valence-corrected chi connectivity index (χ3v) is 2.33. The van der Waals surface area contributed by atoms with Crippen molar-refractivity contribution < 1.29 is 9.05 Å². The molecule has 0 aromatic carbocycles. The molecule has 0 bridgehead atoms. The van der Waals surface area contributed by atoms with Crippen LogP contribution in [0.2, 0.25) is 0 Å². The highest BCUT2D eigenvalue weighted by atomic mass is 16.5. The van der Waals surface area contributed by atoms with Crippen molar-refractivity contribution in [1.82, 2.24) is 15.3 Å². The Morgan fingerprint density at radius 2 is 2.19 bits per heavy atom. The maximum absolute atomic E-state index is 5.11. The number of rotatable bonds is 6. The van der Waals surface area contributed by atoms with Crippen LogP contribution in [0, 0.1) is 6.20 Å². The number of hydrogen-bond donors (Lipinski definition) is 0. The van der Waals surface area contributed by atoms with Crippen molar-refractivity contribution in [3.05, 3.63) is 18.2 Å². The molecule has 2 aromatic heterocycles. The molecule has 0 unspecified atom stereocenters. The Morgan fingerprint density at radius 1 is 1.25 bits per heavy atom. The van der Waals surface area contributed by atoms with Gasteiger partial charge in [-0.2, -0.15) is 4.98 Å². The number of hydrogen-bond acceptors (Lipinski definition) is 5. The average molecular weight is 220 g/mol. The smallest absolute Gasteiger partial charge is 0.241 e. The third kappa shape index (κ3) is 2.68. The lowest BCUT2D eigenvalue weighted by Gasteiger charge is -1.93. The molecule has 0 aliphatic carbocycles. The summed E-state index contributed by atoms with van der Waals surface area (Å²) in [5.74, 6) is 1.59. The first-order valence-corrected chi connectivity index (χ1v) is 5.56. The number of unbranched alkanes of at least 4 members (excludes halogenated alkanes) is 3. The monoisotopic (exact) mass is 220 g/mol. The maximum Gasteiger partial charge on any atom is 0.241 e. The Hall–Kier alpha value is -1.65. The molecule has 85 valence electrons. The lowest BCUT2D eigenvalue weighted by Crippen LogP contribution is -1.86.